The lowest BCUT2D eigenvalue weighted by atomic mass is 9.78. The summed E-state index contributed by atoms with van der Waals surface area (Å²) in [4.78, 5) is 16.5. The number of nitrogens with zero attached hydrogens (tertiary/aromatic N) is 4. The van der Waals surface area contributed by atoms with E-state index >= 15 is 0 Å². The molecule has 18 heavy (non-hydrogen) atoms. The lowest BCUT2D eigenvalue weighted by molar-refractivity contribution is 0.0731. The van der Waals surface area contributed by atoms with Crippen LogP contribution in [0.1, 0.15) is 29.8 Å². The number of likely N-dealkylation sites (tertiary alicyclic amines) is 2. The summed E-state index contributed by atoms with van der Waals surface area (Å²) in [6.45, 7) is 4.03. The highest BCUT2D eigenvalue weighted by atomic mass is 16.2. The van der Waals surface area contributed by atoms with Crippen molar-refractivity contribution >= 4 is 5.91 Å². The quantitative estimate of drug-likeness (QED) is 0.780. The third-order valence-electron chi connectivity index (χ3n) is 4.41. The second kappa shape index (κ2) is 4.35. The average Bonchev–Trinajstić information content (AvgIpc) is 3.03. The monoisotopic (exact) mass is 249 g/mol. The third kappa shape index (κ3) is 2.01. The van der Waals surface area contributed by atoms with Gasteiger partial charge in [0.2, 0.25) is 0 Å². The fraction of sp³-hybridized carbons (Fsp3) is 0.750. The van der Waals surface area contributed by atoms with Gasteiger partial charge in [-0.05, 0) is 44.8 Å². The van der Waals surface area contributed by atoms with E-state index in [2.05, 4.69) is 27.4 Å². The van der Waals surface area contributed by atoms with Gasteiger partial charge in [0.25, 0.3) is 5.91 Å². The number of piperidine rings is 1. The minimum atomic E-state index is 0.0135. The van der Waals surface area contributed by atoms with Crippen molar-refractivity contribution in [2.45, 2.75) is 19.3 Å². The van der Waals surface area contributed by atoms with Gasteiger partial charge in [0, 0.05) is 13.1 Å². The van der Waals surface area contributed by atoms with Crippen molar-refractivity contribution in [3.05, 3.63) is 11.9 Å². The van der Waals surface area contributed by atoms with E-state index in [-0.39, 0.29) is 5.91 Å². The largest absolute Gasteiger partial charge is 0.337 e. The van der Waals surface area contributed by atoms with Crippen molar-refractivity contribution in [2.75, 3.05) is 33.2 Å². The zero-order valence-corrected chi connectivity index (χ0v) is 10.7. The Morgan fingerprint density at radius 3 is 2.72 bits per heavy atom. The van der Waals surface area contributed by atoms with Gasteiger partial charge >= 0.3 is 0 Å². The van der Waals surface area contributed by atoms with Gasteiger partial charge in [0.15, 0.2) is 5.69 Å². The van der Waals surface area contributed by atoms with Crippen molar-refractivity contribution in [3.8, 4) is 0 Å². The summed E-state index contributed by atoms with van der Waals surface area (Å²) in [5.74, 6) is 0.0135. The highest BCUT2D eigenvalue weighted by molar-refractivity contribution is 5.92. The summed E-state index contributed by atoms with van der Waals surface area (Å²) in [6.07, 6.45) is 5.03. The van der Waals surface area contributed by atoms with E-state index in [0.29, 0.717) is 11.1 Å². The molecule has 1 spiro atoms. The summed E-state index contributed by atoms with van der Waals surface area (Å²) in [7, 11) is 2.17. The number of H-pyrrole nitrogens is 1. The molecule has 0 saturated carbocycles. The van der Waals surface area contributed by atoms with Crippen LogP contribution in [0.5, 0.6) is 0 Å². The van der Waals surface area contributed by atoms with Crippen molar-refractivity contribution in [3.63, 3.8) is 0 Å². The highest BCUT2D eigenvalue weighted by Crippen LogP contribution is 2.40. The normalized spacial score (nSPS) is 23.7. The second-order valence-corrected chi connectivity index (χ2v) is 5.64. The lowest BCUT2D eigenvalue weighted by Crippen LogP contribution is -2.40. The number of aromatic nitrogens is 3. The number of hydrogen-bond acceptors (Lipinski definition) is 4. The Kier molecular flexibility index (Phi) is 2.81. The number of aromatic amines is 1. The summed E-state index contributed by atoms with van der Waals surface area (Å²) in [5, 5.41) is 10.1. The minimum absolute atomic E-state index is 0.0135. The van der Waals surface area contributed by atoms with Gasteiger partial charge in [-0.15, -0.1) is 0 Å². The van der Waals surface area contributed by atoms with Crippen LogP contribution in [0.3, 0.4) is 0 Å². The molecule has 0 aliphatic carbocycles. The number of amides is 1. The maximum absolute atomic E-state index is 12.2. The van der Waals surface area contributed by atoms with E-state index in [0.717, 1.165) is 32.6 Å². The summed E-state index contributed by atoms with van der Waals surface area (Å²) in [6, 6.07) is 0. The van der Waals surface area contributed by atoms with Gasteiger partial charge in [-0.25, -0.2) is 0 Å². The summed E-state index contributed by atoms with van der Waals surface area (Å²) >= 11 is 0. The van der Waals surface area contributed by atoms with Crippen molar-refractivity contribution in [1.29, 1.82) is 0 Å². The molecule has 0 bridgehead atoms. The third-order valence-corrected chi connectivity index (χ3v) is 4.41. The van der Waals surface area contributed by atoms with E-state index in [4.69, 9.17) is 0 Å². The molecule has 1 amide bonds. The van der Waals surface area contributed by atoms with Crippen LogP contribution in [0, 0.1) is 5.41 Å². The molecule has 0 unspecified atom stereocenters. The fourth-order valence-electron chi connectivity index (χ4n) is 3.08. The van der Waals surface area contributed by atoms with Crippen LogP contribution in [0.15, 0.2) is 6.20 Å². The highest BCUT2D eigenvalue weighted by Gasteiger charge is 2.41. The van der Waals surface area contributed by atoms with Crippen LogP contribution in [0.4, 0.5) is 0 Å². The summed E-state index contributed by atoms with van der Waals surface area (Å²) in [5.41, 5.74) is 0.784. The number of hydrogen-bond donors (Lipinski definition) is 1. The number of carbonyl (C=O) groups is 1. The molecule has 0 aromatic carbocycles. The molecule has 0 atom stereocenters. The fourth-order valence-corrected chi connectivity index (χ4v) is 3.08. The average molecular weight is 249 g/mol. The Balaban J connectivity index is 1.66. The van der Waals surface area contributed by atoms with Crippen LogP contribution in [0.25, 0.3) is 0 Å². The summed E-state index contributed by atoms with van der Waals surface area (Å²) < 4.78 is 0. The van der Waals surface area contributed by atoms with E-state index in [9.17, 15) is 4.79 Å². The first-order valence-electron chi connectivity index (χ1n) is 6.52. The molecule has 1 aromatic heterocycles. The smallest absolute Gasteiger partial charge is 0.276 e. The Morgan fingerprint density at radius 1 is 1.33 bits per heavy atom. The number of nitrogens with one attached hydrogen (secondary N) is 1. The van der Waals surface area contributed by atoms with Crippen LogP contribution in [0.2, 0.25) is 0 Å². The number of rotatable bonds is 1. The molecular weight excluding hydrogens is 230 g/mol. The Labute approximate surface area is 106 Å². The second-order valence-electron chi connectivity index (χ2n) is 5.64. The zero-order valence-electron chi connectivity index (χ0n) is 10.7. The van der Waals surface area contributed by atoms with E-state index in [1.165, 1.54) is 19.0 Å². The van der Waals surface area contributed by atoms with E-state index < -0.39 is 0 Å². The van der Waals surface area contributed by atoms with Crippen molar-refractivity contribution < 1.29 is 4.79 Å². The first-order chi connectivity index (χ1) is 8.69. The van der Waals surface area contributed by atoms with Gasteiger partial charge in [-0.1, -0.05) is 0 Å². The molecular formula is C12H19N5O. The topological polar surface area (TPSA) is 65.1 Å². The predicted molar refractivity (Wildman–Crippen MR) is 66.1 cm³/mol. The standard InChI is InChI=1S/C12H19N5O/c1-16-5-2-12(3-6-16)4-7-17(9-12)11(18)10-8-13-15-14-10/h8H,2-7,9H2,1H3,(H,13,14,15). The lowest BCUT2D eigenvalue weighted by Gasteiger charge is -2.37. The SMILES string of the molecule is CN1CCC2(CC1)CCN(C(=O)c1cn[nH]n1)C2. The molecule has 3 rings (SSSR count). The molecule has 6 nitrogen and oxygen atoms in total. The molecule has 0 radical (unpaired) electrons. The molecule has 98 valence electrons. The molecule has 3 heterocycles. The van der Waals surface area contributed by atoms with E-state index in [1.807, 2.05) is 4.90 Å². The van der Waals surface area contributed by atoms with Crippen molar-refractivity contribution in [1.82, 2.24) is 25.2 Å². The van der Waals surface area contributed by atoms with Gasteiger partial charge in [-0.3, -0.25) is 4.79 Å². The van der Waals surface area contributed by atoms with Gasteiger partial charge in [-0.2, -0.15) is 15.4 Å². The molecule has 2 saturated heterocycles. The van der Waals surface area contributed by atoms with Crippen LogP contribution < -0.4 is 0 Å². The Morgan fingerprint density at radius 2 is 2.06 bits per heavy atom. The van der Waals surface area contributed by atoms with Crippen molar-refractivity contribution in [2.24, 2.45) is 5.41 Å². The zero-order chi connectivity index (χ0) is 12.6. The maximum atomic E-state index is 12.2. The first kappa shape index (κ1) is 11.6. The van der Waals surface area contributed by atoms with Gasteiger partial charge in [0.05, 0.1) is 6.20 Å². The maximum Gasteiger partial charge on any atom is 0.276 e. The molecule has 2 aliphatic rings. The predicted octanol–water partition coefficient (Wildman–Crippen LogP) is 0.363. The molecule has 6 heteroatoms. The first-order valence-corrected chi connectivity index (χ1v) is 6.52. The molecule has 1 aromatic rings. The minimum Gasteiger partial charge on any atom is -0.337 e. The molecule has 1 N–H and O–H groups in total. The van der Waals surface area contributed by atoms with E-state index in [1.54, 1.807) is 0 Å². The van der Waals surface area contributed by atoms with Crippen LogP contribution in [-0.2, 0) is 0 Å². The Bertz CT molecular complexity index is 422. The number of carbonyl (C=O) groups excluding carboxylic acids is 1. The van der Waals surface area contributed by atoms with Crippen LogP contribution >= 0.6 is 0 Å². The molecule has 2 fully saturated rings. The van der Waals surface area contributed by atoms with Crippen LogP contribution in [-0.4, -0.2) is 64.3 Å². The molecule has 2 aliphatic heterocycles. The Hall–Kier alpha value is -1.43. The van der Waals surface area contributed by atoms with Gasteiger partial charge < -0.3 is 9.80 Å². The van der Waals surface area contributed by atoms with Gasteiger partial charge in [0.1, 0.15) is 0 Å².